The molecule has 17 heavy (non-hydrogen) atoms. The van der Waals surface area contributed by atoms with Crippen LogP contribution in [0.1, 0.15) is 37.7 Å². The van der Waals surface area contributed by atoms with Crippen LogP contribution in [0.3, 0.4) is 0 Å². The molecule has 2 atom stereocenters. The molecule has 2 N–H and O–H groups in total. The van der Waals surface area contributed by atoms with Crippen LogP contribution in [0, 0.1) is 5.92 Å². The Morgan fingerprint density at radius 1 is 1.06 bits per heavy atom. The molecule has 1 aliphatic carbocycles. The molecule has 1 aliphatic heterocycles. The smallest absolute Gasteiger partial charge is 0.0314 e. The average molecular weight is 230 g/mol. The van der Waals surface area contributed by atoms with E-state index in [9.17, 15) is 0 Å². The van der Waals surface area contributed by atoms with Gasteiger partial charge >= 0.3 is 0 Å². The highest BCUT2D eigenvalue weighted by Gasteiger charge is 2.34. The second kappa shape index (κ2) is 4.69. The number of nitrogens with two attached hydrogens (primary N) is 1. The van der Waals surface area contributed by atoms with Crippen molar-refractivity contribution in [2.75, 3.05) is 12.3 Å². The molecule has 1 aromatic carbocycles. The van der Waals surface area contributed by atoms with Gasteiger partial charge in [-0.3, -0.25) is 4.90 Å². The van der Waals surface area contributed by atoms with Crippen molar-refractivity contribution in [2.45, 2.75) is 44.7 Å². The van der Waals surface area contributed by atoms with Crippen LogP contribution in [0.15, 0.2) is 24.3 Å². The van der Waals surface area contributed by atoms with Crippen molar-refractivity contribution < 1.29 is 0 Å². The summed E-state index contributed by atoms with van der Waals surface area (Å²) in [5.41, 5.74) is 8.01. The van der Waals surface area contributed by atoms with Crippen molar-refractivity contribution in [1.29, 1.82) is 0 Å². The maximum Gasteiger partial charge on any atom is 0.0314 e. The predicted molar refractivity (Wildman–Crippen MR) is 71.6 cm³/mol. The Labute approximate surface area is 104 Å². The van der Waals surface area contributed by atoms with E-state index in [1.165, 1.54) is 44.2 Å². The lowest BCUT2D eigenvalue weighted by Crippen LogP contribution is -2.41. The molecule has 0 bridgehead atoms. The fourth-order valence-corrected chi connectivity index (χ4v) is 3.61. The number of hydrogen-bond acceptors (Lipinski definition) is 2. The Balaban J connectivity index is 1.69. The summed E-state index contributed by atoms with van der Waals surface area (Å²) in [7, 11) is 0. The van der Waals surface area contributed by atoms with Gasteiger partial charge < -0.3 is 5.73 Å². The second-order valence-electron chi connectivity index (χ2n) is 5.61. The number of rotatable bonds is 2. The lowest BCUT2D eigenvalue weighted by atomic mass is 9.91. The molecule has 1 saturated carbocycles. The number of piperidine rings is 1. The lowest BCUT2D eigenvalue weighted by Gasteiger charge is -2.37. The first kappa shape index (κ1) is 11.1. The van der Waals surface area contributed by atoms with Crippen LogP contribution in [0.5, 0.6) is 0 Å². The van der Waals surface area contributed by atoms with E-state index < -0.39 is 0 Å². The number of hydrogen-bond donors (Lipinski definition) is 1. The van der Waals surface area contributed by atoms with Gasteiger partial charge in [0.2, 0.25) is 0 Å². The van der Waals surface area contributed by atoms with Crippen LogP contribution in [0.2, 0.25) is 0 Å². The van der Waals surface area contributed by atoms with E-state index in [1.54, 1.807) is 0 Å². The van der Waals surface area contributed by atoms with E-state index >= 15 is 0 Å². The third-order valence-corrected chi connectivity index (χ3v) is 4.47. The van der Waals surface area contributed by atoms with Gasteiger partial charge in [-0.15, -0.1) is 0 Å². The Kier molecular flexibility index (Phi) is 3.06. The van der Waals surface area contributed by atoms with Gasteiger partial charge in [0.05, 0.1) is 0 Å². The van der Waals surface area contributed by atoms with Gasteiger partial charge in [-0.1, -0.05) is 18.6 Å². The van der Waals surface area contributed by atoms with E-state index in [2.05, 4.69) is 17.0 Å². The predicted octanol–water partition coefficient (Wildman–Crippen LogP) is 3.03. The fourth-order valence-electron chi connectivity index (χ4n) is 3.61. The summed E-state index contributed by atoms with van der Waals surface area (Å²) in [6.45, 7) is 2.40. The fraction of sp³-hybridized carbons (Fsp3) is 0.600. The van der Waals surface area contributed by atoms with E-state index in [0.717, 1.165) is 24.2 Å². The molecular formula is C15H22N2. The molecule has 0 spiro atoms. The zero-order valence-corrected chi connectivity index (χ0v) is 10.4. The van der Waals surface area contributed by atoms with Crippen LogP contribution in [0.25, 0.3) is 0 Å². The van der Waals surface area contributed by atoms with Crippen LogP contribution in [-0.4, -0.2) is 17.5 Å². The molecule has 0 amide bonds. The number of anilines is 1. The number of nitrogens with zero attached hydrogens (tertiary/aromatic N) is 1. The summed E-state index contributed by atoms with van der Waals surface area (Å²) >= 11 is 0. The minimum absolute atomic E-state index is 0.862. The summed E-state index contributed by atoms with van der Waals surface area (Å²) in [6, 6.07) is 9.25. The summed E-state index contributed by atoms with van der Waals surface area (Å²) in [4.78, 5) is 2.70. The maximum atomic E-state index is 5.73. The Morgan fingerprint density at radius 3 is 2.65 bits per heavy atom. The monoisotopic (exact) mass is 230 g/mol. The first-order valence-electron chi connectivity index (χ1n) is 6.91. The second-order valence-corrected chi connectivity index (χ2v) is 5.61. The molecule has 2 unspecified atom stereocenters. The Morgan fingerprint density at radius 2 is 1.82 bits per heavy atom. The number of benzene rings is 1. The molecule has 2 aliphatic rings. The standard InChI is InChI=1S/C15H22N2/c16-14-8-6-12(7-9-14)11-17-10-2-4-13-3-1-5-15(13)17/h6-9,13,15H,1-5,10-11,16H2. The van der Waals surface area contributed by atoms with Crippen LogP contribution < -0.4 is 5.73 Å². The molecule has 0 radical (unpaired) electrons. The SMILES string of the molecule is Nc1ccc(CN2CCCC3CCCC32)cc1. The zero-order chi connectivity index (χ0) is 11.7. The lowest BCUT2D eigenvalue weighted by molar-refractivity contribution is 0.106. The topological polar surface area (TPSA) is 29.3 Å². The minimum atomic E-state index is 0.862. The highest BCUT2D eigenvalue weighted by Crippen LogP contribution is 2.37. The first-order chi connectivity index (χ1) is 8.33. The van der Waals surface area contributed by atoms with E-state index in [0.29, 0.717) is 0 Å². The van der Waals surface area contributed by atoms with Gasteiger partial charge in [0, 0.05) is 18.3 Å². The maximum absolute atomic E-state index is 5.73. The molecule has 2 fully saturated rings. The Bertz CT molecular complexity index is 371. The van der Waals surface area contributed by atoms with Crippen molar-refractivity contribution in [3.8, 4) is 0 Å². The third-order valence-electron chi connectivity index (χ3n) is 4.47. The molecule has 92 valence electrons. The van der Waals surface area contributed by atoms with E-state index in [1.807, 2.05) is 12.1 Å². The molecule has 1 saturated heterocycles. The Hall–Kier alpha value is -1.02. The number of likely N-dealkylation sites (tertiary alicyclic amines) is 1. The molecule has 3 rings (SSSR count). The summed E-state index contributed by atoms with van der Waals surface area (Å²) in [6.07, 6.45) is 7.16. The van der Waals surface area contributed by atoms with E-state index in [-0.39, 0.29) is 0 Å². The van der Waals surface area contributed by atoms with Crippen molar-refractivity contribution in [3.05, 3.63) is 29.8 Å². The zero-order valence-electron chi connectivity index (χ0n) is 10.4. The summed E-state index contributed by atoms with van der Waals surface area (Å²) in [5.74, 6) is 0.984. The highest BCUT2D eigenvalue weighted by molar-refractivity contribution is 5.39. The normalized spacial score (nSPS) is 29.2. The van der Waals surface area contributed by atoms with Crippen molar-refractivity contribution >= 4 is 5.69 Å². The van der Waals surface area contributed by atoms with Gasteiger partial charge in [0.1, 0.15) is 0 Å². The van der Waals surface area contributed by atoms with Gasteiger partial charge in [-0.2, -0.15) is 0 Å². The minimum Gasteiger partial charge on any atom is -0.399 e. The molecule has 2 nitrogen and oxygen atoms in total. The largest absolute Gasteiger partial charge is 0.399 e. The molecular weight excluding hydrogens is 208 g/mol. The van der Waals surface area contributed by atoms with Gasteiger partial charge in [0.25, 0.3) is 0 Å². The quantitative estimate of drug-likeness (QED) is 0.791. The first-order valence-corrected chi connectivity index (χ1v) is 6.91. The molecule has 1 heterocycles. The molecule has 0 aromatic heterocycles. The number of nitrogen functional groups attached to an aromatic ring is 1. The van der Waals surface area contributed by atoms with Crippen molar-refractivity contribution in [1.82, 2.24) is 4.90 Å². The van der Waals surface area contributed by atoms with Crippen LogP contribution in [-0.2, 0) is 6.54 Å². The van der Waals surface area contributed by atoms with E-state index in [4.69, 9.17) is 5.73 Å². The van der Waals surface area contributed by atoms with Gasteiger partial charge in [0.15, 0.2) is 0 Å². The van der Waals surface area contributed by atoms with Gasteiger partial charge in [-0.05, 0) is 55.8 Å². The van der Waals surface area contributed by atoms with Gasteiger partial charge in [-0.25, -0.2) is 0 Å². The third kappa shape index (κ3) is 2.32. The highest BCUT2D eigenvalue weighted by atomic mass is 15.2. The average Bonchev–Trinajstić information content (AvgIpc) is 2.81. The summed E-state index contributed by atoms with van der Waals surface area (Å²) in [5, 5.41) is 0. The van der Waals surface area contributed by atoms with Crippen molar-refractivity contribution in [3.63, 3.8) is 0 Å². The summed E-state index contributed by atoms with van der Waals surface area (Å²) < 4.78 is 0. The van der Waals surface area contributed by atoms with Crippen LogP contribution >= 0.6 is 0 Å². The number of fused-ring (bicyclic) bond motifs is 1. The molecule has 2 heteroatoms. The van der Waals surface area contributed by atoms with Crippen molar-refractivity contribution in [2.24, 2.45) is 5.92 Å². The molecule has 1 aromatic rings. The van der Waals surface area contributed by atoms with Crippen LogP contribution in [0.4, 0.5) is 5.69 Å².